The number of rotatable bonds is 4. The summed E-state index contributed by atoms with van der Waals surface area (Å²) in [7, 11) is 0. The third-order valence-electron chi connectivity index (χ3n) is 6.35. The van der Waals surface area contributed by atoms with Gasteiger partial charge in [0.15, 0.2) is 5.65 Å². The summed E-state index contributed by atoms with van der Waals surface area (Å²) in [6.07, 6.45) is 7.55. The maximum Gasteiger partial charge on any atom is 0.162 e. The molecule has 0 spiro atoms. The van der Waals surface area contributed by atoms with E-state index in [0.29, 0.717) is 0 Å². The van der Waals surface area contributed by atoms with E-state index in [0.717, 1.165) is 70.5 Å². The van der Waals surface area contributed by atoms with Crippen LogP contribution < -0.4 is 10.2 Å². The highest BCUT2D eigenvalue weighted by molar-refractivity contribution is 5.98. The van der Waals surface area contributed by atoms with Crippen LogP contribution >= 0.6 is 0 Å². The van der Waals surface area contributed by atoms with Gasteiger partial charge in [-0.15, -0.1) is 0 Å². The quantitative estimate of drug-likeness (QED) is 0.449. The number of nitrogens with one attached hydrogen (secondary N) is 1. The van der Waals surface area contributed by atoms with Crippen molar-refractivity contribution in [2.24, 2.45) is 0 Å². The molecule has 164 valence electrons. The second-order valence-corrected chi connectivity index (χ2v) is 8.28. The zero-order chi connectivity index (χ0) is 22.2. The second-order valence-electron chi connectivity index (χ2n) is 8.28. The molecule has 33 heavy (non-hydrogen) atoms. The predicted molar refractivity (Wildman–Crippen MR) is 130 cm³/mol. The number of fused-ring (bicyclic) bond motifs is 2. The molecule has 0 bridgehead atoms. The number of aliphatic hydroxyl groups excluding tert-OH is 1. The number of aromatic nitrogens is 4. The third-order valence-corrected chi connectivity index (χ3v) is 6.35. The minimum Gasteiger partial charge on any atom is -0.392 e. The molecule has 0 radical (unpaired) electrons. The van der Waals surface area contributed by atoms with Crippen LogP contribution in [0.25, 0.3) is 38.8 Å². The number of pyridine rings is 1. The van der Waals surface area contributed by atoms with E-state index in [1.165, 1.54) is 5.69 Å². The Balaban J connectivity index is 1.36. The van der Waals surface area contributed by atoms with Gasteiger partial charge >= 0.3 is 0 Å². The molecule has 0 aliphatic carbocycles. The standard InChI is InChI=1S/C26H24N6O/c33-17-19-2-1-3-23-22(8-9-28-25(19)23)24-15-30-32-16-20(14-29-26(24)32)18-4-6-21(7-5-18)31-12-10-27-11-13-31/h1-9,14-16,27,33H,10-13,17H2. The molecule has 2 N–H and O–H groups in total. The number of nitrogens with zero attached hydrogens (tertiary/aromatic N) is 5. The molecule has 3 aromatic heterocycles. The molecule has 1 fully saturated rings. The van der Waals surface area contributed by atoms with Crippen molar-refractivity contribution in [1.29, 1.82) is 0 Å². The minimum absolute atomic E-state index is 0.0440. The lowest BCUT2D eigenvalue weighted by molar-refractivity contribution is 0.283. The summed E-state index contributed by atoms with van der Waals surface area (Å²) in [5.41, 5.74) is 7.74. The number of anilines is 1. The topological polar surface area (TPSA) is 78.6 Å². The maximum atomic E-state index is 9.68. The zero-order valence-corrected chi connectivity index (χ0v) is 18.1. The summed E-state index contributed by atoms with van der Waals surface area (Å²) in [6, 6.07) is 16.5. The Bertz CT molecular complexity index is 1440. The summed E-state index contributed by atoms with van der Waals surface area (Å²) in [5, 5.41) is 18.6. The van der Waals surface area contributed by atoms with Crippen molar-refractivity contribution in [3.8, 4) is 22.3 Å². The molecule has 0 atom stereocenters. The summed E-state index contributed by atoms with van der Waals surface area (Å²) < 4.78 is 1.83. The van der Waals surface area contributed by atoms with Crippen molar-refractivity contribution in [3.05, 3.63) is 78.9 Å². The first kappa shape index (κ1) is 19.8. The molecule has 4 heterocycles. The molecule has 5 aromatic rings. The third kappa shape index (κ3) is 3.51. The Kier molecular flexibility index (Phi) is 4.97. The van der Waals surface area contributed by atoms with E-state index in [4.69, 9.17) is 4.98 Å². The van der Waals surface area contributed by atoms with Gasteiger partial charge in [-0.3, -0.25) is 4.98 Å². The largest absolute Gasteiger partial charge is 0.392 e. The smallest absolute Gasteiger partial charge is 0.162 e. The normalized spacial score (nSPS) is 14.3. The van der Waals surface area contributed by atoms with Gasteiger partial charge in [-0.2, -0.15) is 5.10 Å². The first-order valence-corrected chi connectivity index (χ1v) is 11.2. The Hall–Kier alpha value is -3.81. The molecule has 7 nitrogen and oxygen atoms in total. The maximum absolute atomic E-state index is 9.68. The fourth-order valence-corrected chi connectivity index (χ4v) is 4.60. The fraction of sp³-hybridized carbons (Fsp3) is 0.192. The van der Waals surface area contributed by atoms with Crippen LogP contribution in [0.1, 0.15) is 5.56 Å². The monoisotopic (exact) mass is 436 g/mol. The zero-order valence-electron chi connectivity index (χ0n) is 18.1. The van der Waals surface area contributed by atoms with Crippen LogP contribution in [0.5, 0.6) is 0 Å². The van der Waals surface area contributed by atoms with E-state index in [2.05, 4.69) is 44.6 Å². The average molecular weight is 437 g/mol. The van der Waals surface area contributed by atoms with Crippen LogP contribution in [0.4, 0.5) is 5.69 Å². The van der Waals surface area contributed by atoms with Crippen LogP contribution in [-0.4, -0.2) is 50.9 Å². The van der Waals surface area contributed by atoms with Gasteiger partial charge in [0.25, 0.3) is 0 Å². The van der Waals surface area contributed by atoms with Crippen molar-refractivity contribution in [2.75, 3.05) is 31.1 Å². The Morgan fingerprint density at radius 3 is 2.55 bits per heavy atom. The van der Waals surface area contributed by atoms with Crippen LogP contribution in [0, 0.1) is 0 Å². The average Bonchev–Trinajstić information content (AvgIpc) is 3.31. The van der Waals surface area contributed by atoms with Gasteiger partial charge in [-0.25, -0.2) is 9.50 Å². The molecular weight excluding hydrogens is 412 g/mol. The predicted octanol–water partition coefficient (Wildman–Crippen LogP) is 3.51. The fourth-order valence-electron chi connectivity index (χ4n) is 4.60. The van der Waals surface area contributed by atoms with Crippen LogP contribution in [0.2, 0.25) is 0 Å². The number of hydrogen-bond donors (Lipinski definition) is 2. The summed E-state index contributed by atoms with van der Waals surface area (Å²) >= 11 is 0. The van der Waals surface area contributed by atoms with E-state index >= 15 is 0 Å². The summed E-state index contributed by atoms with van der Waals surface area (Å²) in [6.45, 7) is 4.08. The van der Waals surface area contributed by atoms with Crippen molar-refractivity contribution in [1.82, 2.24) is 24.9 Å². The first-order valence-electron chi connectivity index (χ1n) is 11.2. The Morgan fingerprint density at radius 1 is 0.879 bits per heavy atom. The van der Waals surface area contributed by atoms with Crippen LogP contribution in [0.3, 0.4) is 0 Å². The van der Waals surface area contributed by atoms with Gasteiger partial charge in [0.1, 0.15) is 0 Å². The van der Waals surface area contributed by atoms with Crippen molar-refractivity contribution >= 4 is 22.2 Å². The van der Waals surface area contributed by atoms with Crippen LogP contribution in [-0.2, 0) is 6.61 Å². The van der Waals surface area contributed by atoms with E-state index in [9.17, 15) is 5.11 Å². The van der Waals surface area contributed by atoms with E-state index < -0.39 is 0 Å². The molecule has 7 heteroatoms. The minimum atomic E-state index is -0.0440. The summed E-state index contributed by atoms with van der Waals surface area (Å²) in [5.74, 6) is 0. The van der Waals surface area contributed by atoms with Gasteiger partial charge in [-0.05, 0) is 29.3 Å². The molecule has 1 aliphatic rings. The van der Waals surface area contributed by atoms with Gasteiger partial charge in [-0.1, -0.05) is 30.3 Å². The summed E-state index contributed by atoms with van der Waals surface area (Å²) in [4.78, 5) is 11.7. The highest BCUT2D eigenvalue weighted by atomic mass is 16.3. The van der Waals surface area contributed by atoms with Crippen molar-refractivity contribution in [3.63, 3.8) is 0 Å². The van der Waals surface area contributed by atoms with Gasteiger partial charge in [0.2, 0.25) is 0 Å². The molecule has 1 saturated heterocycles. The molecule has 0 amide bonds. The Labute approximate surface area is 191 Å². The van der Waals surface area contributed by atoms with Crippen molar-refractivity contribution in [2.45, 2.75) is 6.61 Å². The lowest BCUT2D eigenvalue weighted by Gasteiger charge is -2.29. The second kappa shape index (κ2) is 8.27. The van der Waals surface area contributed by atoms with Crippen LogP contribution in [0.15, 0.2) is 73.3 Å². The molecule has 0 saturated carbocycles. The molecular formula is C26H24N6O. The van der Waals surface area contributed by atoms with E-state index in [-0.39, 0.29) is 6.61 Å². The number of hydrogen-bond acceptors (Lipinski definition) is 6. The van der Waals surface area contributed by atoms with Gasteiger partial charge in [0.05, 0.1) is 18.3 Å². The van der Waals surface area contributed by atoms with Gasteiger partial charge in [0, 0.05) is 72.5 Å². The van der Waals surface area contributed by atoms with E-state index in [1.807, 2.05) is 47.4 Å². The van der Waals surface area contributed by atoms with Crippen molar-refractivity contribution < 1.29 is 5.11 Å². The lowest BCUT2D eigenvalue weighted by Crippen LogP contribution is -2.43. The molecule has 6 rings (SSSR count). The highest BCUT2D eigenvalue weighted by Crippen LogP contribution is 2.32. The number of piperazine rings is 1. The van der Waals surface area contributed by atoms with Gasteiger partial charge < -0.3 is 15.3 Å². The number of para-hydroxylation sites is 1. The lowest BCUT2D eigenvalue weighted by atomic mass is 10.0. The number of benzene rings is 2. The SMILES string of the molecule is OCc1cccc2c(-c3cnn4cc(-c5ccc(N6CCNCC6)cc5)cnc34)ccnc12. The Morgan fingerprint density at radius 2 is 1.73 bits per heavy atom. The molecule has 2 aromatic carbocycles. The first-order chi connectivity index (χ1) is 16.3. The highest BCUT2D eigenvalue weighted by Gasteiger charge is 2.14. The molecule has 1 aliphatic heterocycles. The number of aliphatic hydroxyl groups is 1. The van der Waals surface area contributed by atoms with E-state index in [1.54, 1.807) is 6.20 Å². The molecule has 0 unspecified atom stereocenters.